The van der Waals surface area contributed by atoms with Gasteiger partial charge in [0.1, 0.15) is 0 Å². The van der Waals surface area contributed by atoms with E-state index in [4.69, 9.17) is 0 Å². The molecular formula is C16H16BrN3O. The number of aromatic nitrogens is 2. The molecule has 1 N–H and O–H groups in total. The van der Waals surface area contributed by atoms with E-state index in [1.165, 1.54) is 12.5 Å². The van der Waals surface area contributed by atoms with Crippen molar-refractivity contribution in [2.24, 2.45) is 0 Å². The van der Waals surface area contributed by atoms with Crippen molar-refractivity contribution in [2.45, 2.75) is 13.5 Å². The van der Waals surface area contributed by atoms with Crippen molar-refractivity contribution >= 4 is 39.9 Å². The third-order valence-corrected chi connectivity index (χ3v) is 3.13. The molecule has 1 aromatic heterocycles. The quantitative estimate of drug-likeness (QED) is 0.787. The van der Waals surface area contributed by atoms with Crippen LogP contribution in [0.2, 0.25) is 0 Å². The number of para-hydroxylation sites is 2. The zero-order chi connectivity index (χ0) is 13.9. The van der Waals surface area contributed by atoms with Crippen LogP contribution < -0.4 is 5.32 Å². The Bertz CT molecular complexity index is 753. The predicted octanol–water partition coefficient (Wildman–Crippen LogP) is 3.62. The van der Waals surface area contributed by atoms with Gasteiger partial charge in [-0.2, -0.15) is 0 Å². The molecule has 3 aromatic rings. The zero-order valence-corrected chi connectivity index (χ0v) is 13.3. The Balaban J connectivity index is 0.00000161. The lowest BCUT2D eigenvalue weighted by molar-refractivity contribution is -0.114. The van der Waals surface area contributed by atoms with Crippen LogP contribution in [-0.2, 0) is 11.3 Å². The molecule has 1 heterocycles. The molecule has 0 unspecified atom stereocenters. The van der Waals surface area contributed by atoms with E-state index in [0.29, 0.717) is 12.5 Å². The molecule has 0 atom stereocenters. The number of hydrogen-bond donors (Lipinski definition) is 1. The number of carbonyl (C=O) groups excluding carboxylic acids is 1. The van der Waals surface area contributed by atoms with Crippen molar-refractivity contribution in [3.8, 4) is 0 Å². The maximum atomic E-state index is 11.3. The van der Waals surface area contributed by atoms with Gasteiger partial charge in [-0.05, 0) is 17.7 Å². The smallest absolute Gasteiger partial charge is 0.223 e. The SMILES string of the molecule is Br.CC(=O)Nc1nc2ccccc2n1Cc1ccccc1. The Morgan fingerprint density at radius 3 is 2.48 bits per heavy atom. The van der Waals surface area contributed by atoms with Crippen LogP contribution in [0.4, 0.5) is 5.95 Å². The highest BCUT2D eigenvalue weighted by molar-refractivity contribution is 8.93. The number of nitrogens with one attached hydrogen (secondary N) is 1. The highest BCUT2D eigenvalue weighted by atomic mass is 79.9. The molecule has 21 heavy (non-hydrogen) atoms. The number of carbonyl (C=O) groups is 1. The summed E-state index contributed by atoms with van der Waals surface area (Å²) in [6, 6.07) is 18.0. The number of nitrogens with zero attached hydrogens (tertiary/aromatic N) is 2. The average molecular weight is 346 g/mol. The largest absolute Gasteiger partial charge is 0.305 e. The summed E-state index contributed by atoms with van der Waals surface area (Å²) in [5.74, 6) is 0.470. The maximum absolute atomic E-state index is 11.3. The number of hydrogen-bond acceptors (Lipinski definition) is 2. The number of anilines is 1. The Kier molecular flexibility index (Phi) is 4.75. The van der Waals surface area contributed by atoms with Gasteiger partial charge < -0.3 is 4.57 Å². The molecule has 4 nitrogen and oxygen atoms in total. The first-order valence-electron chi connectivity index (χ1n) is 6.51. The molecule has 5 heteroatoms. The third-order valence-electron chi connectivity index (χ3n) is 3.13. The fourth-order valence-electron chi connectivity index (χ4n) is 2.25. The Morgan fingerprint density at radius 1 is 1.10 bits per heavy atom. The molecule has 0 aliphatic heterocycles. The molecule has 0 radical (unpaired) electrons. The molecule has 0 spiro atoms. The van der Waals surface area contributed by atoms with Crippen molar-refractivity contribution in [1.29, 1.82) is 0 Å². The van der Waals surface area contributed by atoms with Gasteiger partial charge in [-0.3, -0.25) is 10.1 Å². The van der Waals surface area contributed by atoms with Gasteiger partial charge in [0.2, 0.25) is 11.9 Å². The van der Waals surface area contributed by atoms with E-state index in [1.54, 1.807) is 0 Å². The minimum atomic E-state index is -0.116. The summed E-state index contributed by atoms with van der Waals surface area (Å²) in [6.45, 7) is 2.17. The van der Waals surface area contributed by atoms with Gasteiger partial charge in [-0.25, -0.2) is 4.98 Å². The van der Waals surface area contributed by atoms with E-state index < -0.39 is 0 Å². The first-order chi connectivity index (χ1) is 9.74. The van der Waals surface area contributed by atoms with Crippen LogP contribution in [0.3, 0.4) is 0 Å². The lowest BCUT2D eigenvalue weighted by Gasteiger charge is -2.09. The zero-order valence-electron chi connectivity index (χ0n) is 11.6. The van der Waals surface area contributed by atoms with Gasteiger partial charge in [-0.15, -0.1) is 17.0 Å². The Hall–Kier alpha value is -2.14. The van der Waals surface area contributed by atoms with Crippen LogP contribution in [0.25, 0.3) is 11.0 Å². The fourth-order valence-corrected chi connectivity index (χ4v) is 2.25. The standard InChI is InChI=1S/C16H15N3O.BrH/c1-12(20)17-16-18-14-9-5-6-10-15(14)19(16)11-13-7-3-2-4-8-13;/h2-10H,11H2,1H3,(H,17,18,20);1H. The minimum Gasteiger partial charge on any atom is -0.305 e. The lowest BCUT2D eigenvalue weighted by Crippen LogP contribution is -2.12. The molecule has 0 saturated carbocycles. The first kappa shape index (κ1) is 15.3. The van der Waals surface area contributed by atoms with E-state index in [1.807, 2.05) is 47.0 Å². The Labute approximate surface area is 133 Å². The van der Waals surface area contributed by atoms with Crippen LogP contribution in [0.1, 0.15) is 12.5 Å². The van der Waals surface area contributed by atoms with E-state index in [9.17, 15) is 4.79 Å². The molecule has 0 aliphatic rings. The average Bonchev–Trinajstić information content (AvgIpc) is 2.77. The fraction of sp³-hybridized carbons (Fsp3) is 0.125. The van der Waals surface area contributed by atoms with Crippen molar-refractivity contribution in [1.82, 2.24) is 9.55 Å². The molecule has 1 amide bonds. The second-order valence-corrected chi connectivity index (χ2v) is 4.68. The highest BCUT2D eigenvalue weighted by Crippen LogP contribution is 2.21. The molecule has 0 saturated heterocycles. The van der Waals surface area contributed by atoms with Gasteiger partial charge in [-0.1, -0.05) is 42.5 Å². The lowest BCUT2D eigenvalue weighted by atomic mass is 10.2. The van der Waals surface area contributed by atoms with Crippen molar-refractivity contribution in [3.63, 3.8) is 0 Å². The Morgan fingerprint density at radius 2 is 1.76 bits per heavy atom. The number of imidazole rings is 1. The van der Waals surface area contributed by atoms with E-state index in [-0.39, 0.29) is 22.9 Å². The van der Waals surface area contributed by atoms with Crippen LogP contribution in [0.15, 0.2) is 54.6 Å². The van der Waals surface area contributed by atoms with Gasteiger partial charge in [0, 0.05) is 6.92 Å². The molecular weight excluding hydrogens is 330 g/mol. The minimum absolute atomic E-state index is 0. The van der Waals surface area contributed by atoms with Crippen LogP contribution in [0, 0.1) is 0 Å². The topological polar surface area (TPSA) is 46.9 Å². The van der Waals surface area contributed by atoms with Gasteiger partial charge in [0.25, 0.3) is 0 Å². The van der Waals surface area contributed by atoms with E-state index in [0.717, 1.165) is 11.0 Å². The number of halogens is 1. The van der Waals surface area contributed by atoms with Crippen molar-refractivity contribution < 1.29 is 4.79 Å². The van der Waals surface area contributed by atoms with E-state index >= 15 is 0 Å². The first-order valence-corrected chi connectivity index (χ1v) is 6.51. The number of amides is 1. The van der Waals surface area contributed by atoms with Gasteiger partial charge >= 0.3 is 0 Å². The second-order valence-electron chi connectivity index (χ2n) is 4.68. The van der Waals surface area contributed by atoms with E-state index in [2.05, 4.69) is 22.4 Å². The van der Waals surface area contributed by atoms with Crippen LogP contribution in [-0.4, -0.2) is 15.5 Å². The predicted molar refractivity (Wildman–Crippen MR) is 89.9 cm³/mol. The summed E-state index contributed by atoms with van der Waals surface area (Å²) in [5, 5.41) is 2.80. The summed E-state index contributed by atoms with van der Waals surface area (Å²) >= 11 is 0. The summed E-state index contributed by atoms with van der Waals surface area (Å²) in [6.07, 6.45) is 0. The molecule has 108 valence electrons. The molecule has 2 aromatic carbocycles. The second kappa shape index (κ2) is 6.54. The highest BCUT2D eigenvalue weighted by Gasteiger charge is 2.11. The normalized spacial score (nSPS) is 10.1. The van der Waals surface area contributed by atoms with Gasteiger partial charge in [0.05, 0.1) is 17.6 Å². The molecule has 0 bridgehead atoms. The van der Waals surface area contributed by atoms with Crippen LogP contribution in [0.5, 0.6) is 0 Å². The number of rotatable bonds is 3. The summed E-state index contributed by atoms with van der Waals surface area (Å²) < 4.78 is 2.02. The molecule has 0 fully saturated rings. The monoisotopic (exact) mass is 345 g/mol. The summed E-state index contributed by atoms with van der Waals surface area (Å²) in [4.78, 5) is 15.8. The number of benzene rings is 2. The molecule has 0 aliphatic carbocycles. The number of fused-ring (bicyclic) bond motifs is 1. The van der Waals surface area contributed by atoms with Crippen molar-refractivity contribution in [2.75, 3.05) is 5.32 Å². The summed E-state index contributed by atoms with van der Waals surface area (Å²) in [7, 11) is 0. The maximum Gasteiger partial charge on any atom is 0.223 e. The van der Waals surface area contributed by atoms with Crippen LogP contribution >= 0.6 is 17.0 Å². The van der Waals surface area contributed by atoms with Gasteiger partial charge in [0.15, 0.2) is 0 Å². The third kappa shape index (κ3) is 3.31. The molecule has 3 rings (SSSR count). The summed E-state index contributed by atoms with van der Waals surface area (Å²) in [5.41, 5.74) is 3.06. The van der Waals surface area contributed by atoms with Crippen molar-refractivity contribution in [3.05, 3.63) is 60.2 Å².